The largest absolute Gasteiger partial charge is 0.445 e. The third-order valence-corrected chi connectivity index (χ3v) is 3.79. The topological polar surface area (TPSA) is 45.5 Å². The molecule has 0 bridgehead atoms. The molecule has 2 heterocycles. The predicted octanol–water partition coefficient (Wildman–Crippen LogP) is 1.83. The van der Waals surface area contributed by atoms with Crippen molar-refractivity contribution in [2.45, 2.75) is 24.0 Å². The van der Waals surface area contributed by atoms with E-state index in [-0.39, 0.29) is 5.91 Å². The third-order valence-electron chi connectivity index (χ3n) is 3.17. The molecule has 94 valence electrons. The molecular formula is C12H18N2O2S. The highest BCUT2D eigenvalue weighted by Gasteiger charge is 2.24. The molecule has 0 atom stereocenters. The van der Waals surface area contributed by atoms with Gasteiger partial charge in [-0.25, -0.2) is 0 Å². The zero-order valence-electron chi connectivity index (χ0n) is 10.2. The molecule has 1 aromatic rings. The first kappa shape index (κ1) is 12.5. The summed E-state index contributed by atoms with van der Waals surface area (Å²) in [6, 6.07) is 3.92. The second kappa shape index (κ2) is 5.60. The summed E-state index contributed by atoms with van der Waals surface area (Å²) in [7, 11) is 1.86. The number of hydrogen-bond donors (Lipinski definition) is 1. The number of hydrogen-bond acceptors (Lipinski definition) is 4. The summed E-state index contributed by atoms with van der Waals surface area (Å²) in [4.78, 5) is 14.0. The normalized spacial score (nSPS) is 17.1. The van der Waals surface area contributed by atoms with Crippen molar-refractivity contribution in [3.05, 3.63) is 17.9 Å². The first-order valence-electron chi connectivity index (χ1n) is 5.84. The smallest absolute Gasteiger partial charge is 0.289 e. The highest BCUT2D eigenvalue weighted by molar-refractivity contribution is 7.98. The molecule has 17 heavy (non-hydrogen) atoms. The van der Waals surface area contributed by atoms with E-state index in [1.165, 1.54) is 11.8 Å². The number of nitrogens with zero attached hydrogens (tertiary/aromatic N) is 1. The van der Waals surface area contributed by atoms with Gasteiger partial charge in [-0.2, -0.15) is 0 Å². The Balaban J connectivity index is 2.02. The molecule has 0 aromatic carbocycles. The second-order valence-corrected chi connectivity index (χ2v) is 5.03. The van der Waals surface area contributed by atoms with Gasteiger partial charge in [-0.1, -0.05) is 11.8 Å². The summed E-state index contributed by atoms with van der Waals surface area (Å²) in [5.74, 6) is 0.424. The average molecular weight is 254 g/mol. The van der Waals surface area contributed by atoms with Crippen LogP contribution in [0, 0.1) is 0 Å². The number of rotatable bonds is 3. The van der Waals surface area contributed by atoms with E-state index in [2.05, 4.69) is 5.32 Å². The van der Waals surface area contributed by atoms with Gasteiger partial charge in [-0.05, 0) is 44.3 Å². The van der Waals surface area contributed by atoms with E-state index < -0.39 is 0 Å². The van der Waals surface area contributed by atoms with Crippen LogP contribution in [-0.4, -0.2) is 43.2 Å². The minimum Gasteiger partial charge on any atom is -0.445 e. The van der Waals surface area contributed by atoms with Crippen LogP contribution >= 0.6 is 11.8 Å². The summed E-state index contributed by atoms with van der Waals surface area (Å²) in [6.45, 7) is 1.97. The quantitative estimate of drug-likeness (QED) is 0.836. The van der Waals surface area contributed by atoms with Crippen molar-refractivity contribution in [3.63, 3.8) is 0 Å². The molecule has 0 radical (unpaired) electrons. The molecular weight excluding hydrogens is 236 g/mol. The molecule has 1 saturated heterocycles. The van der Waals surface area contributed by atoms with Crippen molar-refractivity contribution >= 4 is 17.7 Å². The van der Waals surface area contributed by atoms with E-state index in [1.807, 2.05) is 24.3 Å². The first-order chi connectivity index (χ1) is 8.22. The van der Waals surface area contributed by atoms with E-state index in [0.717, 1.165) is 31.0 Å². The van der Waals surface area contributed by atoms with E-state index in [0.29, 0.717) is 11.8 Å². The Hall–Kier alpha value is -0.940. The van der Waals surface area contributed by atoms with Gasteiger partial charge >= 0.3 is 0 Å². The van der Waals surface area contributed by atoms with E-state index in [9.17, 15) is 4.79 Å². The fourth-order valence-corrected chi connectivity index (χ4v) is 2.46. The molecule has 0 unspecified atom stereocenters. The van der Waals surface area contributed by atoms with Crippen LogP contribution in [0.4, 0.5) is 0 Å². The molecule has 1 aliphatic heterocycles. The average Bonchev–Trinajstić information content (AvgIpc) is 2.87. The third kappa shape index (κ3) is 2.84. The van der Waals surface area contributed by atoms with Crippen molar-refractivity contribution in [1.29, 1.82) is 0 Å². The minimum atomic E-state index is -0.0165. The Morgan fingerprint density at radius 3 is 2.76 bits per heavy atom. The number of carbonyl (C=O) groups is 1. The van der Waals surface area contributed by atoms with Crippen LogP contribution in [0.3, 0.4) is 0 Å². The van der Waals surface area contributed by atoms with Crippen LogP contribution in [0.15, 0.2) is 21.6 Å². The molecule has 1 aliphatic rings. The summed E-state index contributed by atoms with van der Waals surface area (Å²) in [5, 5.41) is 4.08. The molecule has 1 amide bonds. The van der Waals surface area contributed by atoms with Crippen molar-refractivity contribution in [3.8, 4) is 0 Å². The summed E-state index contributed by atoms with van der Waals surface area (Å²) in [5.41, 5.74) is 0. The Bertz CT molecular complexity index is 386. The van der Waals surface area contributed by atoms with Gasteiger partial charge in [0.15, 0.2) is 10.9 Å². The van der Waals surface area contributed by atoms with Gasteiger partial charge in [0.05, 0.1) is 0 Å². The van der Waals surface area contributed by atoms with Gasteiger partial charge < -0.3 is 14.6 Å². The number of amides is 1. The maximum absolute atomic E-state index is 12.2. The SMILES string of the molecule is CSc1ccc(C(=O)N(C)C2CCNCC2)o1. The zero-order chi connectivity index (χ0) is 12.3. The summed E-state index contributed by atoms with van der Waals surface area (Å²) >= 11 is 1.51. The molecule has 1 fully saturated rings. The first-order valence-corrected chi connectivity index (χ1v) is 7.06. The highest BCUT2D eigenvalue weighted by atomic mass is 32.2. The zero-order valence-corrected chi connectivity index (χ0v) is 11.0. The van der Waals surface area contributed by atoms with Crippen LogP contribution < -0.4 is 5.32 Å². The van der Waals surface area contributed by atoms with Gasteiger partial charge in [0, 0.05) is 13.1 Å². The predicted molar refractivity (Wildman–Crippen MR) is 68.5 cm³/mol. The number of nitrogens with one attached hydrogen (secondary N) is 1. The molecule has 0 saturated carbocycles. The molecule has 4 nitrogen and oxygen atoms in total. The van der Waals surface area contributed by atoms with Gasteiger partial charge in [-0.15, -0.1) is 0 Å². The maximum atomic E-state index is 12.2. The molecule has 1 aromatic heterocycles. The van der Waals surface area contributed by atoms with Crippen molar-refractivity contribution in [1.82, 2.24) is 10.2 Å². The second-order valence-electron chi connectivity index (χ2n) is 4.22. The Kier molecular flexibility index (Phi) is 4.12. The van der Waals surface area contributed by atoms with Crippen LogP contribution in [0.2, 0.25) is 0 Å². The van der Waals surface area contributed by atoms with Crippen molar-refractivity contribution in [2.24, 2.45) is 0 Å². The molecule has 0 spiro atoms. The lowest BCUT2D eigenvalue weighted by atomic mass is 10.1. The summed E-state index contributed by atoms with van der Waals surface area (Å²) < 4.78 is 5.46. The fourth-order valence-electron chi connectivity index (χ4n) is 2.08. The lowest BCUT2D eigenvalue weighted by molar-refractivity contribution is 0.0665. The maximum Gasteiger partial charge on any atom is 0.289 e. The lowest BCUT2D eigenvalue weighted by Gasteiger charge is -2.31. The van der Waals surface area contributed by atoms with Gasteiger partial charge in [0.1, 0.15) is 0 Å². The van der Waals surface area contributed by atoms with E-state index in [1.54, 1.807) is 6.07 Å². The van der Waals surface area contributed by atoms with Gasteiger partial charge in [0.2, 0.25) is 0 Å². The number of furan rings is 1. The number of thioether (sulfide) groups is 1. The Morgan fingerprint density at radius 2 is 2.18 bits per heavy atom. The summed E-state index contributed by atoms with van der Waals surface area (Å²) in [6.07, 6.45) is 3.96. The molecule has 0 aliphatic carbocycles. The van der Waals surface area contributed by atoms with Crippen LogP contribution in [0.5, 0.6) is 0 Å². The van der Waals surface area contributed by atoms with Crippen molar-refractivity contribution in [2.75, 3.05) is 26.4 Å². The number of carbonyl (C=O) groups excluding carboxylic acids is 1. The Morgan fingerprint density at radius 1 is 1.47 bits per heavy atom. The van der Waals surface area contributed by atoms with E-state index in [4.69, 9.17) is 4.42 Å². The molecule has 2 rings (SSSR count). The lowest BCUT2D eigenvalue weighted by Crippen LogP contribution is -2.43. The standard InChI is InChI=1S/C12H18N2O2S/c1-14(9-5-7-13-8-6-9)12(15)10-3-4-11(16-10)17-2/h3-4,9,13H,5-8H2,1-2H3. The van der Waals surface area contributed by atoms with Crippen molar-refractivity contribution < 1.29 is 9.21 Å². The molecule has 5 heteroatoms. The molecule has 1 N–H and O–H groups in total. The Labute approximate surface area is 106 Å². The van der Waals surface area contributed by atoms with Crippen LogP contribution in [0.1, 0.15) is 23.4 Å². The number of piperidine rings is 1. The van der Waals surface area contributed by atoms with Crippen LogP contribution in [-0.2, 0) is 0 Å². The van der Waals surface area contributed by atoms with Crippen LogP contribution in [0.25, 0.3) is 0 Å². The van der Waals surface area contributed by atoms with Gasteiger partial charge in [0.25, 0.3) is 5.91 Å². The van der Waals surface area contributed by atoms with E-state index >= 15 is 0 Å². The monoisotopic (exact) mass is 254 g/mol. The fraction of sp³-hybridized carbons (Fsp3) is 0.583. The van der Waals surface area contributed by atoms with Gasteiger partial charge in [-0.3, -0.25) is 4.79 Å². The minimum absolute atomic E-state index is 0.0165. The highest BCUT2D eigenvalue weighted by Crippen LogP contribution is 2.20.